The van der Waals surface area contributed by atoms with E-state index in [4.69, 9.17) is 5.73 Å². The van der Waals surface area contributed by atoms with Crippen LogP contribution in [0.1, 0.15) is 25.1 Å². The van der Waals surface area contributed by atoms with Crippen LogP contribution in [0.15, 0.2) is 40.6 Å². The van der Waals surface area contributed by atoms with E-state index in [1.54, 1.807) is 28.2 Å². The number of nitrogen functional groups attached to an aromatic ring is 1. The number of nitrogens with zero attached hydrogens (tertiary/aromatic N) is 2. The smallest absolute Gasteiger partial charge is 0.250 e. The predicted molar refractivity (Wildman–Crippen MR) is 89.6 cm³/mol. The molecule has 2 aromatic heterocycles. The highest BCUT2D eigenvalue weighted by Crippen LogP contribution is 2.14. The summed E-state index contributed by atoms with van der Waals surface area (Å²) in [7, 11) is 0. The van der Waals surface area contributed by atoms with Crippen molar-refractivity contribution in [1.29, 1.82) is 0 Å². The highest BCUT2D eigenvalue weighted by atomic mass is 32.1. The Bertz CT molecular complexity index is 604. The highest BCUT2D eigenvalue weighted by Gasteiger charge is 2.10. The van der Waals surface area contributed by atoms with Crippen LogP contribution in [0.3, 0.4) is 0 Å². The van der Waals surface area contributed by atoms with Crippen LogP contribution < -0.4 is 11.3 Å². The maximum Gasteiger partial charge on any atom is 0.250 e. The van der Waals surface area contributed by atoms with E-state index in [-0.39, 0.29) is 5.56 Å². The van der Waals surface area contributed by atoms with E-state index in [0.717, 1.165) is 19.5 Å². The third-order valence-corrected chi connectivity index (χ3v) is 4.38. The first-order chi connectivity index (χ1) is 10.1. The first kappa shape index (κ1) is 15.8. The minimum atomic E-state index is 0.0125. The van der Waals surface area contributed by atoms with Gasteiger partial charge in [-0.1, -0.05) is 6.07 Å². The lowest BCUT2D eigenvalue weighted by atomic mass is 10.2. The molecule has 0 saturated carbocycles. The van der Waals surface area contributed by atoms with Crippen molar-refractivity contribution in [3.05, 3.63) is 51.1 Å². The van der Waals surface area contributed by atoms with Crippen molar-refractivity contribution in [3.63, 3.8) is 0 Å². The van der Waals surface area contributed by atoms with E-state index in [1.165, 1.54) is 10.9 Å². The summed E-state index contributed by atoms with van der Waals surface area (Å²) >= 11 is 1.79. The molecular formula is C16H23N3OS. The van der Waals surface area contributed by atoms with Gasteiger partial charge in [-0.25, -0.2) is 0 Å². The zero-order valence-electron chi connectivity index (χ0n) is 12.7. The van der Waals surface area contributed by atoms with Gasteiger partial charge in [-0.2, -0.15) is 0 Å². The van der Waals surface area contributed by atoms with Crippen LogP contribution in [0.25, 0.3) is 0 Å². The molecule has 0 spiro atoms. The lowest BCUT2D eigenvalue weighted by Crippen LogP contribution is -2.32. The van der Waals surface area contributed by atoms with Gasteiger partial charge in [0.25, 0.3) is 5.56 Å². The summed E-state index contributed by atoms with van der Waals surface area (Å²) in [6.45, 7) is 7.07. The number of aryl methyl sites for hydroxylation is 1. The maximum absolute atomic E-state index is 11.7. The van der Waals surface area contributed by atoms with Gasteiger partial charge in [-0.05, 0) is 37.8 Å². The Morgan fingerprint density at radius 3 is 2.81 bits per heavy atom. The molecule has 21 heavy (non-hydrogen) atoms. The molecule has 4 nitrogen and oxygen atoms in total. The first-order valence-electron chi connectivity index (χ1n) is 7.28. The molecule has 2 heterocycles. The summed E-state index contributed by atoms with van der Waals surface area (Å²) in [6.07, 6.45) is 2.66. The Morgan fingerprint density at radius 2 is 2.14 bits per heavy atom. The Labute approximate surface area is 129 Å². The van der Waals surface area contributed by atoms with Gasteiger partial charge in [0.1, 0.15) is 0 Å². The number of pyridine rings is 1. The Balaban J connectivity index is 1.90. The summed E-state index contributed by atoms with van der Waals surface area (Å²) < 4.78 is 1.69. The maximum atomic E-state index is 11.7. The first-order valence-corrected chi connectivity index (χ1v) is 8.16. The summed E-state index contributed by atoms with van der Waals surface area (Å²) in [5, 5.41) is 2.11. The van der Waals surface area contributed by atoms with E-state index in [9.17, 15) is 4.79 Å². The molecule has 2 N–H and O–H groups in total. The van der Waals surface area contributed by atoms with Crippen molar-refractivity contribution in [2.24, 2.45) is 0 Å². The largest absolute Gasteiger partial charge is 0.398 e. The van der Waals surface area contributed by atoms with E-state index < -0.39 is 0 Å². The quantitative estimate of drug-likeness (QED) is 0.856. The predicted octanol–water partition coefficient (Wildman–Crippen LogP) is 2.79. The molecule has 0 bridgehead atoms. The number of hydrogen-bond acceptors (Lipinski definition) is 4. The van der Waals surface area contributed by atoms with Crippen LogP contribution in [0.4, 0.5) is 5.69 Å². The van der Waals surface area contributed by atoms with Crippen molar-refractivity contribution < 1.29 is 0 Å². The van der Waals surface area contributed by atoms with Crippen molar-refractivity contribution in [1.82, 2.24) is 9.47 Å². The summed E-state index contributed by atoms with van der Waals surface area (Å²) in [4.78, 5) is 15.5. The van der Waals surface area contributed by atoms with Crippen LogP contribution in [0, 0.1) is 0 Å². The summed E-state index contributed by atoms with van der Waals surface area (Å²) in [6, 6.07) is 7.93. The molecule has 2 rings (SSSR count). The summed E-state index contributed by atoms with van der Waals surface area (Å²) in [5.41, 5.74) is 6.37. The molecule has 0 fully saturated rings. The van der Waals surface area contributed by atoms with Crippen LogP contribution >= 0.6 is 11.3 Å². The molecule has 0 atom stereocenters. The van der Waals surface area contributed by atoms with Crippen LogP contribution in [0.2, 0.25) is 0 Å². The van der Waals surface area contributed by atoms with Crippen LogP contribution in [-0.2, 0) is 13.1 Å². The number of rotatable bonds is 7. The molecule has 5 heteroatoms. The molecule has 0 aliphatic carbocycles. The lowest BCUT2D eigenvalue weighted by Gasteiger charge is -2.26. The van der Waals surface area contributed by atoms with E-state index in [0.29, 0.717) is 18.3 Å². The zero-order chi connectivity index (χ0) is 15.2. The monoisotopic (exact) mass is 305 g/mol. The number of nitrogens with two attached hydrogens (primary N) is 1. The molecular weight excluding hydrogens is 282 g/mol. The normalized spacial score (nSPS) is 11.4. The second-order valence-electron chi connectivity index (χ2n) is 5.49. The Kier molecular flexibility index (Phi) is 5.59. The van der Waals surface area contributed by atoms with Crippen LogP contribution in [0.5, 0.6) is 0 Å². The minimum Gasteiger partial charge on any atom is -0.398 e. The van der Waals surface area contributed by atoms with Crippen molar-refractivity contribution in [2.75, 3.05) is 12.3 Å². The van der Waals surface area contributed by atoms with Gasteiger partial charge < -0.3 is 10.3 Å². The van der Waals surface area contributed by atoms with Crippen molar-refractivity contribution in [2.45, 2.75) is 39.4 Å². The zero-order valence-corrected chi connectivity index (χ0v) is 13.5. The lowest BCUT2D eigenvalue weighted by molar-refractivity contribution is 0.208. The number of aromatic nitrogens is 1. The molecule has 2 aromatic rings. The average molecular weight is 305 g/mol. The Morgan fingerprint density at radius 1 is 1.33 bits per heavy atom. The fourth-order valence-corrected chi connectivity index (χ4v) is 3.02. The third-order valence-electron chi connectivity index (χ3n) is 3.52. The van der Waals surface area contributed by atoms with Gasteiger partial charge in [0.2, 0.25) is 0 Å². The molecule has 114 valence electrons. The topological polar surface area (TPSA) is 51.3 Å². The van der Waals surface area contributed by atoms with Gasteiger partial charge in [-0.15, -0.1) is 11.3 Å². The Hall–Kier alpha value is -1.59. The minimum absolute atomic E-state index is 0.0125. The standard InChI is InChI=1S/C16H23N3OS/c1-13(2)18(12-15-5-3-10-21-15)8-4-9-19-11-14(17)6-7-16(19)20/h3,5-7,10-11,13H,4,8-9,12,17H2,1-2H3. The average Bonchev–Trinajstić information content (AvgIpc) is 2.94. The number of hydrogen-bond donors (Lipinski definition) is 1. The molecule has 0 aromatic carbocycles. The fourth-order valence-electron chi connectivity index (χ4n) is 2.29. The molecule has 0 radical (unpaired) electrons. The van der Waals surface area contributed by atoms with Crippen molar-refractivity contribution in [3.8, 4) is 0 Å². The number of thiophene rings is 1. The van der Waals surface area contributed by atoms with E-state index >= 15 is 0 Å². The van der Waals surface area contributed by atoms with Crippen LogP contribution in [-0.4, -0.2) is 22.1 Å². The van der Waals surface area contributed by atoms with Gasteiger partial charge in [0.05, 0.1) is 0 Å². The van der Waals surface area contributed by atoms with E-state index in [2.05, 4.69) is 36.3 Å². The molecule has 0 amide bonds. The SMILES string of the molecule is CC(C)N(CCCn1cc(N)ccc1=O)Cc1cccs1. The summed E-state index contributed by atoms with van der Waals surface area (Å²) in [5.74, 6) is 0. The molecule has 0 unspecified atom stereocenters. The third kappa shape index (κ3) is 4.72. The molecule has 0 aliphatic heterocycles. The highest BCUT2D eigenvalue weighted by molar-refractivity contribution is 7.09. The van der Waals surface area contributed by atoms with Gasteiger partial charge in [0.15, 0.2) is 0 Å². The second-order valence-corrected chi connectivity index (χ2v) is 6.52. The molecule has 0 aliphatic rings. The van der Waals surface area contributed by atoms with E-state index in [1.807, 2.05) is 0 Å². The number of anilines is 1. The molecule has 0 saturated heterocycles. The fraction of sp³-hybridized carbons (Fsp3) is 0.438. The van der Waals surface area contributed by atoms with Crippen molar-refractivity contribution >= 4 is 17.0 Å². The van der Waals surface area contributed by atoms with Gasteiger partial charge in [0, 0.05) is 48.5 Å². The van der Waals surface area contributed by atoms with Gasteiger partial charge in [-0.3, -0.25) is 9.69 Å². The van der Waals surface area contributed by atoms with Gasteiger partial charge >= 0.3 is 0 Å². The second kappa shape index (κ2) is 7.43.